The summed E-state index contributed by atoms with van der Waals surface area (Å²) in [6.45, 7) is 4.52. The molecule has 1 atom stereocenters. The first-order valence-corrected chi connectivity index (χ1v) is 7.34. The van der Waals surface area contributed by atoms with Gasteiger partial charge in [0.25, 0.3) is 0 Å². The molecule has 1 rings (SSSR count). The van der Waals surface area contributed by atoms with Crippen LogP contribution in [-0.4, -0.2) is 5.88 Å². The SMILES string of the molecule is CCC(CC)C(CCl)Cc1ccc(Br)cc1. The van der Waals surface area contributed by atoms with Gasteiger partial charge in [-0.3, -0.25) is 0 Å². The third-order valence-corrected chi connectivity index (χ3v) is 4.25. The van der Waals surface area contributed by atoms with Crippen molar-refractivity contribution in [3.05, 3.63) is 34.3 Å². The van der Waals surface area contributed by atoms with E-state index in [4.69, 9.17) is 11.6 Å². The molecule has 0 amide bonds. The van der Waals surface area contributed by atoms with Crippen molar-refractivity contribution in [1.82, 2.24) is 0 Å². The summed E-state index contributed by atoms with van der Waals surface area (Å²) in [5.41, 5.74) is 1.39. The normalized spacial score (nSPS) is 13.1. The van der Waals surface area contributed by atoms with Gasteiger partial charge in [-0.1, -0.05) is 54.8 Å². The van der Waals surface area contributed by atoms with Crippen molar-refractivity contribution in [3.63, 3.8) is 0 Å². The zero-order valence-electron chi connectivity index (χ0n) is 10.0. The van der Waals surface area contributed by atoms with Crippen molar-refractivity contribution < 1.29 is 0 Å². The van der Waals surface area contributed by atoms with Crippen molar-refractivity contribution in [2.45, 2.75) is 33.1 Å². The van der Waals surface area contributed by atoms with E-state index in [0.717, 1.165) is 22.7 Å². The molecule has 1 unspecified atom stereocenters. The predicted molar refractivity (Wildman–Crippen MR) is 76.1 cm³/mol. The van der Waals surface area contributed by atoms with Crippen LogP contribution in [0.15, 0.2) is 28.7 Å². The first-order valence-electron chi connectivity index (χ1n) is 6.01. The molecule has 1 aromatic carbocycles. The molecule has 0 saturated heterocycles. The molecule has 0 spiro atoms. The lowest BCUT2D eigenvalue weighted by molar-refractivity contribution is 0.339. The van der Waals surface area contributed by atoms with E-state index in [1.165, 1.54) is 18.4 Å². The van der Waals surface area contributed by atoms with Crippen LogP contribution in [0.3, 0.4) is 0 Å². The summed E-state index contributed by atoms with van der Waals surface area (Å²) in [5.74, 6) is 2.13. The average Bonchev–Trinajstić information content (AvgIpc) is 2.32. The molecular weight excluding hydrogens is 284 g/mol. The van der Waals surface area contributed by atoms with Crippen LogP contribution in [0.5, 0.6) is 0 Å². The van der Waals surface area contributed by atoms with Crippen LogP contribution in [-0.2, 0) is 6.42 Å². The minimum atomic E-state index is 0.609. The standard InChI is InChI=1S/C14H20BrCl/c1-3-12(4-2)13(10-16)9-11-5-7-14(15)8-6-11/h5-8,12-13H,3-4,9-10H2,1-2H3. The Labute approximate surface area is 113 Å². The Morgan fingerprint density at radius 2 is 1.62 bits per heavy atom. The van der Waals surface area contributed by atoms with Crippen molar-refractivity contribution >= 4 is 27.5 Å². The number of halogens is 2. The first kappa shape index (κ1) is 14.1. The van der Waals surface area contributed by atoms with Crippen molar-refractivity contribution in [2.75, 3.05) is 5.88 Å². The quantitative estimate of drug-likeness (QED) is 0.627. The lowest BCUT2D eigenvalue weighted by Crippen LogP contribution is -2.17. The maximum absolute atomic E-state index is 6.09. The Morgan fingerprint density at radius 3 is 2.06 bits per heavy atom. The second-order valence-electron chi connectivity index (χ2n) is 4.32. The highest BCUT2D eigenvalue weighted by Gasteiger charge is 2.17. The molecular formula is C14H20BrCl. The molecule has 0 fully saturated rings. The number of hydrogen-bond donors (Lipinski definition) is 0. The molecule has 0 aliphatic heterocycles. The van der Waals surface area contributed by atoms with Crippen LogP contribution in [0.2, 0.25) is 0 Å². The molecule has 2 heteroatoms. The van der Waals surface area contributed by atoms with Crippen molar-refractivity contribution in [2.24, 2.45) is 11.8 Å². The zero-order chi connectivity index (χ0) is 12.0. The van der Waals surface area contributed by atoms with Crippen molar-refractivity contribution in [1.29, 1.82) is 0 Å². The minimum absolute atomic E-state index is 0.609. The summed E-state index contributed by atoms with van der Waals surface area (Å²) in [6.07, 6.45) is 3.55. The summed E-state index contributed by atoms with van der Waals surface area (Å²) >= 11 is 9.55. The fraction of sp³-hybridized carbons (Fsp3) is 0.571. The third kappa shape index (κ3) is 4.10. The summed E-state index contributed by atoms with van der Waals surface area (Å²) in [4.78, 5) is 0. The van der Waals surface area contributed by atoms with Gasteiger partial charge in [-0.2, -0.15) is 0 Å². The molecule has 0 nitrogen and oxygen atoms in total. The average molecular weight is 304 g/mol. The largest absolute Gasteiger partial charge is 0.126 e. The predicted octanol–water partition coefficient (Wildman–Crippen LogP) is 5.28. The second-order valence-corrected chi connectivity index (χ2v) is 5.55. The van der Waals surface area contributed by atoms with Crippen LogP contribution in [0.4, 0.5) is 0 Å². The number of rotatable bonds is 6. The van der Waals surface area contributed by atoms with E-state index in [1.807, 2.05) is 0 Å². The van der Waals surface area contributed by atoms with E-state index in [0.29, 0.717) is 5.92 Å². The Bertz CT molecular complexity index is 290. The number of benzene rings is 1. The monoisotopic (exact) mass is 302 g/mol. The van der Waals surface area contributed by atoms with Crippen LogP contribution in [0, 0.1) is 11.8 Å². The zero-order valence-corrected chi connectivity index (χ0v) is 12.4. The number of hydrogen-bond acceptors (Lipinski definition) is 0. The van der Waals surface area contributed by atoms with E-state index in [2.05, 4.69) is 54.0 Å². The Balaban J connectivity index is 2.65. The van der Waals surface area contributed by atoms with Gasteiger partial charge in [0.1, 0.15) is 0 Å². The van der Waals surface area contributed by atoms with Crippen LogP contribution >= 0.6 is 27.5 Å². The molecule has 0 radical (unpaired) electrons. The summed E-state index contributed by atoms with van der Waals surface area (Å²) in [6, 6.07) is 8.58. The van der Waals surface area contributed by atoms with Gasteiger partial charge < -0.3 is 0 Å². The van der Waals surface area contributed by atoms with Gasteiger partial charge in [0.2, 0.25) is 0 Å². The maximum Gasteiger partial charge on any atom is 0.0257 e. The van der Waals surface area contributed by atoms with Crippen LogP contribution in [0.1, 0.15) is 32.3 Å². The lowest BCUT2D eigenvalue weighted by Gasteiger charge is -2.23. The topological polar surface area (TPSA) is 0 Å². The fourth-order valence-corrected chi connectivity index (χ4v) is 2.85. The van der Waals surface area contributed by atoms with Crippen molar-refractivity contribution in [3.8, 4) is 0 Å². The summed E-state index contributed by atoms with van der Waals surface area (Å²) in [7, 11) is 0. The van der Waals surface area contributed by atoms with Gasteiger partial charge in [-0.25, -0.2) is 0 Å². The lowest BCUT2D eigenvalue weighted by atomic mass is 9.85. The van der Waals surface area contributed by atoms with Gasteiger partial charge in [-0.05, 0) is 36.0 Å². The Morgan fingerprint density at radius 1 is 1.06 bits per heavy atom. The summed E-state index contributed by atoms with van der Waals surface area (Å²) in [5, 5.41) is 0. The second kappa shape index (κ2) is 7.34. The van der Waals surface area contributed by atoms with Crippen LogP contribution < -0.4 is 0 Å². The molecule has 0 heterocycles. The van der Waals surface area contributed by atoms with E-state index < -0.39 is 0 Å². The van der Waals surface area contributed by atoms with E-state index in [-0.39, 0.29) is 0 Å². The highest BCUT2D eigenvalue weighted by atomic mass is 79.9. The third-order valence-electron chi connectivity index (χ3n) is 3.32. The highest BCUT2D eigenvalue weighted by Crippen LogP contribution is 2.25. The molecule has 0 aliphatic carbocycles. The van der Waals surface area contributed by atoms with Gasteiger partial charge in [0.15, 0.2) is 0 Å². The molecule has 16 heavy (non-hydrogen) atoms. The smallest absolute Gasteiger partial charge is 0.0257 e. The molecule has 0 aromatic heterocycles. The molecule has 0 aliphatic rings. The molecule has 90 valence electrons. The van der Waals surface area contributed by atoms with E-state index in [9.17, 15) is 0 Å². The summed E-state index contributed by atoms with van der Waals surface area (Å²) < 4.78 is 1.14. The Hall–Kier alpha value is -0.0100. The fourth-order valence-electron chi connectivity index (χ4n) is 2.23. The van der Waals surface area contributed by atoms with Gasteiger partial charge in [-0.15, -0.1) is 11.6 Å². The first-order chi connectivity index (χ1) is 7.71. The number of alkyl halides is 1. The van der Waals surface area contributed by atoms with Gasteiger partial charge in [0.05, 0.1) is 0 Å². The molecule has 0 bridgehead atoms. The maximum atomic E-state index is 6.09. The highest BCUT2D eigenvalue weighted by molar-refractivity contribution is 9.10. The van der Waals surface area contributed by atoms with Gasteiger partial charge >= 0.3 is 0 Å². The minimum Gasteiger partial charge on any atom is -0.126 e. The molecule has 0 saturated carbocycles. The van der Waals surface area contributed by atoms with Gasteiger partial charge in [0, 0.05) is 10.4 Å². The molecule has 0 N–H and O–H groups in total. The molecule has 1 aromatic rings. The van der Waals surface area contributed by atoms with Crippen LogP contribution in [0.25, 0.3) is 0 Å². The van der Waals surface area contributed by atoms with E-state index >= 15 is 0 Å². The van der Waals surface area contributed by atoms with E-state index in [1.54, 1.807) is 0 Å². The Kier molecular flexibility index (Phi) is 6.45.